The van der Waals surface area contributed by atoms with Crippen molar-refractivity contribution in [1.29, 1.82) is 0 Å². The maximum atomic E-state index is 12.7. The van der Waals surface area contributed by atoms with Crippen LogP contribution in [0.15, 0.2) is 18.2 Å². The van der Waals surface area contributed by atoms with Crippen molar-refractivity contribution in [2.75, 3.05) is 13.1 Å². The first-order valence-electron chi connectivity index (χ1n) is 8.81. The fourth-order valence-corrected chi connectivity index (χ4v) is 3.47. The van der Waals surface area contributed by atoms with E-state index in [1.165, 1.54) is 0 Å². The first-order chi connectivity index (χ1) is 11.6. The summed E-state index contributed by atoms with van der Waals surface area (Å²) in [5.41, 5.74) is 6.46. The number of hydrogen-bond donors (Lipinski definition) is 1. The number of benzene rings is 1. The van der Waals surface area contributed by atoms with Crippen molar-refractivity contribution < 1.29 is 14.1 Å². The van der Waals surface area contributed by atoms with Gasteiger partial charge in [-0.15, -0.1) is 12.4 Å². The Morgan fingerprint density at radius 2 is 1.88 bits per heavy atom. The lowest BCUT2D eigenvalue weighted by Gasteiger charge is -2.32. The molecule has 0 saturated carbocycles. The van der Waals surface area contributed by atoms with Crippen LogP contribution in [-0.2, 0) is 9.31 Å². The fraction of sp³-hybridized carbons (Fsp3) is 0.611. The molecule has 0 radical (unpaired) electrons. The Hall–Kier alpha value is -0.785. The normalized spacial score (nSPS) is 24.3. The van der Waals surface area contributed by atoms with E-state index in [-0.39, 0.29) is 24.4 Å². The maximum Gasteiger partial charge on any atom is 0.494 e. The highest BCUT2D eigenvalue weighted by Crippen LogP contribution is 2.36. The smallest absolute Gasteiger partial charge is 0.399 e. The monoisotopic (exact) mass is 400 g/mol. The summed E-state index contributed by atoms with van der Waals surface area (Å²) in [6.07, 6.45) is 1.88. The van der Waals surface area contributed by atoms with E-state index >= 15 is 0 Å². The van der Waals surface area contributed by atoms with Crippen molar-refractivity contribution in [1.82, 2.24) is 4.90 Å². The Bertz CT molecular complexity index is 668. The number of likely N-dealkylation sites (tertiary alicyclic amines) is 1. The molecule has 2 aliphatic rings. The molecule has 26 heavy (non-hydrogen) atoms. The van der Waals surface area contributed by atoms with Crippen molar-refractivity contribution >= 4 is 42.5 Å². The molecule has 0 aromatic heterocycles. The van der Waals surface area contributed by atoms with Gasteiger partial charge in [-0.25, -0.2) is 0 Å². The highest BCUT2D eigenvalue weighted by molar-refractivity contribution is 6.62. The zero-order chi connectivity index (χ0) is 18.4. The Morgan fingerprint density at radius 3 is 2.42 bits per heavy atom. The van der Waals surface area contributed by atoms with Gasteiger partial charge in [0.05, 0.1) is 21.8 Å². The second-order valence-electron chi connectivity index (χ2n) is 7.98. The summed E-state index contributed by atoms with van der Waals surface area (Å²) >= 11 is 6.41. The number of carbonyl (C=O) groups excluding carboxylic acids is 1. The van der Waals surface area contributed by atoms with E-state index in [9.17, 15) is 4.79 Å². The molecule has 144 valence electrons. The number of amides is 1. The summed E-state index contributed by atoms with van der Waals surface area (Å²) in [4.78, 5) is 14.5. The zero-order valence-electron chi connectivity index (χ0n) is 15.8. The summed E-state index contributed by atoms with van der Waals surface area (Å²) in [6.45, 7) is 9.33. The maximum absolute atomic E-state index is 12.7. The first kappa shape index (κ1) is 21.5. The van der Waals surface area contributed by atoms with Gasteiger partial charge < -0.3 is 19.9 Å². The number of hydrogen-bond acceptors (Lipinski definition) is 4. The molecule has 1 aromatic carbocycles. The lowest BCUT2D eigenvalue weighted by molar-refractivity contribution is 0.00578. The van der Waals surface area contributed by atoms with Gasteiger partial charge in [0.1, 0.15) is 0 Å². The van der Waals surface area contributed by atoms with Crippen LogP contribution < -0.4 is 11.2 Å². The van der Waals surface area contributed by atoms with Crippen molar-refractivity contribution in [2.45, 2.75) is 57.8 Å². The third-order valence-corrected chi connectivity index (χ3v) is 5.81. The topological polar surface area (TPSA) is 64.8 Å². The highest BCUT2D eigenvalue weighted by Gasteiger charge is 2.51. The number of nitrogens with two attached hydrogens (primary N) is 1. The van der Waals surface area contributed by atoms with E-state index in [4.69, 9.17) is 26.6 Å². The largest absolute Gasteiger partial charge is 0.494 e. The van der Waals surface area contributed by atoms with E-state index in [2.05, 4.69) is 0 Å². The minimum absolute atomic E-state index is 0. The van der Waals surface area contributed by atoms with Crippen molar-refractivity contribution in [2.24, 2.45) is 5.73 Å². The lowest BCUT2D eigenvalue weighted by Crippen LogP contribution is -2.45. The molecule has 1 aromatic rings. The van der Waals surface area contributed by atoms with E-state index in [0.29, 0.717) is 17.1 Å². The van der Waals surface area contributed by atoms with E-state index < -0.39 is 18.3 Å². The van der Waals surface area contributed by atoms with Crippen LogP contribution in [0, 0.1) is 0 Å². The standard InChI is InChI=1S/C18H26BClN2O3.ClH/c1-17(2)18(3,4)25-19(24-17)12-7-8-14(15(20)10-12)16(23)22-9-5-6-13(21)11-22;/h7-8,10,13H,5-6,9,11,21H2,1-4H3;1H/t13-;/m1./s1. The van der Waals surface area contributed by atoms with Crippen LogP contribution in [0.1, 0.15) is 50.9 Å². The molecule has 5 nitrogen and oxygen atoms in total. The third-order valence-electron chi connectivity index (χ3n) is 5.49. The zero-order valence-corrected chi connectivity index (χ0v) is 17.3. The van der Waals surface area contributed by atoms with Gasteiger partial charge in [-0.2, -0.15) is 0 Å². The molecule has 2 heterocycles. The van der Waals surface area contributed by atoms with Crippen LogP contribution in [-0.4, -0.2) is 48.3 Å². The van der Waals surface area contributed by atoms with Crippen LogP contribution in [0.2, 0.25) is 5.02 Å². The average Bonchev–Trinajstić information content (AvgIpc) is 2.75. The predicted molar refractivity (Wildman–Crippen MR) is 108 cm³/mol. The summed E-state index contributed by atoms with van der Waals surface area (Å²) < 4.78 is 12.1. The molecule has 0 aliphatic carbocycles. The first-order valence-corrected chi connectivity index (χ1v) is 9.18. The van der Waals surface area contributed by atoms with Crippen molar-refractivity contribution in [3.63, 3.8) is 0 Å². The molecule has 8 heteroatoms. The number of rotatable bonds is 2. The Balaban J connectivity index is 0.00000243. The molecule has 2 fully saturated rings. The molecule has 3 rings (SSSR count). The van der Waals surface area contributed by atoms with E-state index in [0.717, 1.165) is 24.8 Å². The Kier molecular flexibility index (Phi) is 6.36. The van der Waals surface area contributed by atoms with Crippen molar-refractivity contribution in [3.8, 4) is 0 Å². The molecule has 2 aliphatic heterocycles. The molecule has 0 bridgehead atoms. The number of piperidine rings is 1. The third kappa shape index (κ3) is 4.05. The molecule has 2 N–H and O–H groups in total. The van der Waals surface area contributed by atoms with Gasteiger partial charge in [-0.05, 0) is 58.1 Å². The molecule has 0 spiro atoms. The molecule has 1 atom stereocenters. The van der Waals surface area contributed by atoms with Gasteiger partial charge in [0.25, 0.3) is 5.91 Å². The molecule has 2 saturated heterocycles. The lowest BCUT2D eigenvalue weighted by atomic mass is 9.79. The summed E-state index contributed by atoms with van der Waals surface area (Å²) in [6, 6.07) is 5.41. The minimum Gasteiger partial charge on any atom is -0.399 e. The van der Waals surface area contributed by atoms with Crippen LogP contribution in [0.25, 0.3) is 0 Å². The number of nitrogens with zero attached hydrogens (tertiary/aromatic N) is 1. The van der Waals surface area contributed by atoms with Gasteiger partial charge in [0.15, 0.2) is 0 Å². The van der Waals surface area contributed by atoms with Gasteiger partial charge in [0.2, 0.25) is 0 Å². The molecule has 0 unspecified atom stereocenters. The summed E-state index contributed by atoms with van der Waals surface area (Å²) in [5, 5.41) is 0.413. The predicted octanol–water partition coefficient (Wildman–Crippen LogP) is 2.62. The fourth-order valence-electron chi connectivity index (χ4n) is 3.20. The minimum atomic E-state index is -0.491. The number of carbonyl (C=O) groups is 1. The Morgan fingerprint density at radius 1 is 1.27 bits per heavy atom. The van der Waals surface area contributed by atoms with Crippen LogP contribution >= 0.6 is 24.0 Å². The van der Waals surface area contributed by atoms with Crippen LogP contribution in [0.4, 0.5) is 0 Å². The van der Waals surface area contributed by atoms with Crippen LogP contribution in [0.5, 0.6) is 0 Å². The van der Waals surface area contributed by atoms with E-state index in [1.54, 1.807) is 17.0 Å². The van der Waals surface area contributed by atoms with Gasteiger partial charge in [-0.3, -0.25) is 4.79 Å². The molecular formula is C18H27BCl2N2O3. The van der Waals surface area contributed by atoms with Gasteiger partial charge >= 0.3 is 7.12 Å². The number of halogens is 2. The second kappa shape index (κ2) is 7.68. The van der Waals surface area contributed by atoms with E-state index in [1.807, 2.05) is 33.8 Å². The van der Waals surface area contributed by atoms with Gasteiger partial charge in [0, 0.05) is 19.1 Å². The van der Waals surface area contributed by atoms with Gasteiger partial charge in [-0.1, -0.05) is 17.7 Å². The quantitative estimate of drug-likeness (QED) is 0.775. The molecular weight excluding hydrogens is 374 g/mol. The highest BCUT2D eigenvalue weighted by atomic mass is 35.5. The Labute approximate surface area is 167 Å². The summed E-state index contributed by atoms with van der Waals surface area (Å²) in [7, 11) is -0.491. The summed E-state index contributed by atoms with van der Waals surface area (Å²) in [5.74, 6) is -0.0689. The average molecular weight is 401 g/mol. The van der Waals surface area contributed by atoms with Crippen molar-refractivity contribution in [3.05, 3.63) is 28.8 Å². The van der Waals surface area contributed by atoms with Crippen LogP contribution in [0.3, 0.4) is 0 Å². The second-order valence-corrected chi connectivity index (χ2v) is 8.39. The SMILES string of the molecule is CC1(C)OB(c2ccc(C(=O)N3CCC[C@@H](N)C3)c(Cl)c2)OC1(C)C.Cl. The molecule has 1 amide bonds.